The SMILES string of the molecule is COc1ccc(OC)c([C@@H](O)c2coc3ccc(O)c(C[NH+](C)C)c23)c1. The van der Waals surface area contributed by atoms with E-state index in [2.05, 4.69) is 0 Å². The monoisotopic (exact) mass is 358 g/mol. The lowest BCUT2D eigenvalue weighted by atomic mass is 9.96. The summed E-state index contributed by atoms with van der Waals surface area (Å²) >= 11 is 0. The summed E-state index contributed by atoms with van der Waals surface area (Å²) in [7, 11) is 7.12. The number of hydrogen-bond donors (Lipinski definition) is 3. The molecule has 1 heterocycles. The number of methoxy groups -OCH3 is 2. The molecule has 0 unspecified atom stereocenters. The molecule has 3 aromatic rings. The Labute approximate surface area is 152 Å². The molecule has 0 aliphatic carbocycles. The van der Waals surface area contributed by atoms with Crippen molar-refractivity contribution in [2.24, 2.45) is 0 Å². The summed E-state index contributed by atoms with van der Waals surface area (Å²) in [6.07, 6.45) is 0.543. The quantitative estimate of drug-likeness (QED) is 0.627. The molecule has 2 aromatic carbocycles. The molecule has 3 N–H and O–H groups in total. The number of quaternary nitrogens is 1. The molecule has 0 radical (unpaired) electrons. The van der Waals surface area contributed by atoms with E-state index < -0.39 is 6.10 Å². The third-order valence-corrected chi connectivity index (χ3v) is 4.41. The number of furan rings is 1. The minimum atomic E-state index is -0.987. The van der Waals surface area contributed by atoms with Gasteiger partial charge in [-0.05, 0) is 30.3 Å². The average Bonchev–Trinajstić information content (AvgIpc) is 3.07. The second-order valence-corrected chi connectivity index (χ2v) is 6.52. The number of fused-ring (bicyclic) bond motifs is 1. The third kappa shape index (κ3) is 3.21. The molecule has 0 spiro atoms. The van der Waals surface area contributed by atoms with Crippen LogP contribution in [0.5, 0.6) is 17.2 Å². The van der Waals surface area contributed by atoms with Crippen LogP contribution in [0, 0.1) is 0 Å². The highest BCUT2D eigenvalue weighted by atomic mass is 16.5. The molecule has 138 valence electrons. The van der Waals surface area contributed by atoms with Gasteiger partial charge in [-0.3, -0.25) is 0 Å². The van der Waals surface area contributed by atoms with Gasteiger partial charge in [-0.2, -0.15) is 0 Å². The highest BCUT2D eigenvalue weighted by molar-refractivity contribution is 5.87. The summed E-state index contributed by atoms with van der Waals surface area (Å²) in [4.78, 5) is 1.15. The summed E-state index contributed by atoms with van der Waals surface area (Å²) in [5.74, 6) is 1.35. The van der Waals surface area contributed by atoms with Crippen LogP contribution in [0.3, 0.4) is 0 Å². The van der Waals surface area contributed by atoms with E-state index in [0.717, 1.165) is 15.8 Å². The Hall–Kier alpha value is -2.70. The second-order valence-electron chi connectivity index (χ2n) is 6.52. The summed E-state index contributed by atoms with van der Waals surface area (Å²) in [6, 6.07) is 8.59. The van der Waals surface area contributed by atoms with Gasteiger partial charge in [0.2, 0.25) is 0 Å². The Kier molecular flexibility index (Phi) is 5.06. The van der Waals surface area contributed by atoms with Crippen molar-refractivity contribution in [1.29, 1.82) is 0 Å². The van der Waals surface area contributed by atoms with Crippen molar-refractivity contribution in [3.63, 3.8) is 0 Å². The van der Waals surface area contributed by atoms with E-state index in [1.54, 1.807) is 44.6 Å². The van der Waals surface area contributed by atoms with Gasteiger partial charge in [0.05, 0.1) is 40.1 Å². The number of ether oxygens (including phenoxy) is 2. The highest BCUT2D eigenvalue weighted by Gasteiger charge is 2.24. The summed E-state index contributed by atoms with van der Waals surface area (Å²) < 4.78 is 16.3. The van der Waals surface area contributed by atoms with E-state index in [-0.39, 0.29) is 5.75 Å². The van der Waals surface area contributed by atoms with Gasteiger partial charge in [-0.25, -0.2) is 0 Å². The Morgan fingerprint density at radius 1 is 1.08 bits per heavy atom. The first kappa shape index (κ1) is 18.1. The van der Waals surface area contributed by atoms with E-state index in [1.165, 1.54) is 6.26 Å². The van der Waals surface area contributed by atoms with E-state index in [4.69, 9.17) is 13.9 Å². The zero-order valence-electron chi connectivity index (χ0n) is 15.4. The minimum absolute atomic E-state index is 0.186. The summed E-state index contributed by atoms with van der Waals surface area (Å²) in [5.41, 5.74) is 2.52. The van der Waals surface area contributed by atoms with Gasteiger partial charge in [0.15, 0.2) is 0 Å². The van der Waals surface area contributed by atoms with Crippen molar-refractivity contribution in [3.05, 3.63) is 53.3 Å². The molecule has 26 heavy (non-hydrogen) atoms. The van der Waals surface area contributed by atoms with Crippen molar-refractivity contribution in [1.82, 2.24) is 0 Å². The van der Waals surface area contributed by atoms with E-state index in [9.17, 15) is 10.2 Å². The molecular formula is C20H24NO5+. The zero-order chi connectivity index (χ0) is 18.8. The minimum Gasteiger partial charge on any atom is -0.507 e. The zero-order valence-corrected chi connectivity index (χ0v) is 15.4. The molecule has 0 bridgehead atoms. The van der Waals surface area contributed by atoms with Gasteiger partial charge in [0, 0.05) is 16.5 Å². The Bertz CT molecular complexity index is 916. The first-order valence-electron chi connectivity index (χ1n) is 8.37. The molecule has 1 aromatic heterocycles. The summed E-state index contributed by atoms with van der Waals surface area (Å²) in [6.45, 7) is 0.595. The number of phenolic OH excluding ortho intramolecular Hbond substituents is 1. The van der Waals surface area contributed by atoms with Crippen LogP contribution in [0.15, 0.2) is 41.0 Å². The molecule has 3 rings (SSSR count). The van der Waals surface area contributed by atoms with Crippen LogP contribution >= 0.6 is 0 Å². The smallest absolute Gasteiger partial charge is 0.135 e. The third-order valence-electron chi connectivity index (χ3n) is 4.41. The Balaban J connectivity index is 2.18. The van der Waals surface area contributed by atoms with E-state index in [1.807, 2.05) is 14.1 Å². The fourth-order valence-corrected chi connectivity index (χ4v) is 3.17. The van der Waals surface area contributed by atoms with Gasteiger partial charge in [0.1, 0.15) is 35.5 Å². The molecule has 0 saturated carbocycles. The van der Waals surface area contributed by atoms with Crippen LogP contribution in [-0.4, -0.2) is 38.5 Å². The van der Waals surface area contributed by atoms with Crippen LogP contribution in [-0.2, 0) is 6.54 Å². The lowest BCUT2D eigenvalue weighted by Gasteiger charge is -2.17. The normalized spacial score (nSPS) is 12.5. The number of benzene rings is 2. The van der Waals surface area contributed by atoms with Crippen molar-refractivity contribution >= 4 is 11.0 Å². The van der Waals surface area contributed by atoms with Gasteiger partial charge < -0.3 is 29.0 Å². The van der Waals surface area contributed by atoms with Crippen LogP contribution in [0.4, 0.5) is 0 Å². The van der Waals surface area contributed by atoms with Crippen molar-refractivity contribution in [2.75, 3.05) is 28.3 Å². The summed E-state index contributed by atoms with van der Waals surface area (Å²) in [5, 5.41) is 22.2. The molecule has 0 saturated heterocycles. The van der Waals surface area contributed by atoms with Crippen LogP contribution < -0.4 is 14.4 Å². The predicted octanol–water partition coefficient (Wildman–Crippen LogP) is 1.88. The predicted molar refractivity (Wildman–Crippen MR) is 98.0 cm³/mol. The number of hydrogen-bond acceptors (Lipinski definition) is 5. The van der Waals surface area contributed by atoms with Crippen molar-refractivity contribution in [3.8, 4) is 17.2 Å². The number of nitrogens with one attached hydrogen (secondary N) is 1. The van der Waals surface area contributed by atoms with Gasteiger partial charge >= 0.3 is 0 Å². The van der Waals surface area contributed by atoms with Crippen LogP contribution in [0.1, 0.15) is 22.8 Å². The van der Waals surface area contributed by atoms with Crippen LogP contribution in [0.25, 0.3) is 11.0 Å². The molecule has 0 aliphatic heterocycles. The topological polar surface area (TPSA) is 76.5 Å². The molecule has 6 heteroatoms. The second kappa shape index (κ2) is 7.27. The molecule has 0 fully saturated rings. The maximum Gasteiger partial charge on any atom is 0.135 e. The largest absolute Gasteiger partial charge is 0.507 e. The van der Waals surface area contributed by atoms with E-state index in [0.29, 0.717) is 34.8 Å². The Morgan fingerprint density at radius 2 is 1.85 bits per heavy atom. The highest BCUT2D eigenvalue weighted by Crippen LogP contribution is 2.39. The first-order valence-corrected chi connectivity index (χ1v) is 8.37. The molecule has 6 nitrogen and oxygen atoms in total. The number of aromatic hydroxyl groups is 1. The standard InChI is InChI=1S/C20H23NO5/c1-21(2)10-14-16(22)6-8-18-19(14)15(11-26-18)20(23)13-9-12(24-3)5-7-17(13)25-4/h5-9,11,20,22-23H,10H2,1-4H3/p+1/t20-/m1/s1. The van der Waals surface area contributed by atoms with Gasteiger partial charge in [-0.15, -0.1) is 0 Å². The van der Waals surface area contributed by atoms with Crippen molar-refractivity contribution < 1.29 is 29.0 Å². The number of aliphatic hydroxyl groups excluding tert-OH is 1. The fraction of sp³-hybridized carbons (Fsp3) is 0.300. The fourth-order valence-electron chi connectivity index (χ4n) is 3.17. The molecule has 1 atom stereocenters. The van der Waals surface area contributed by atoms with Crippen molar-refractivity contribution in [2.45, 2.75) is 12.6 Å². The molecule has 0 aliphatic rings. The van der Waals surface area contributed by atoms with E-state index >= 15 is 0 Å². The maximum absolute atomic E-state index is 11.1. The maximum atomic E-state index is 11.1. The Morgan fingerprint density at radius 3 is 2.50 bits per heavy atom. The molecular weight excluding hydrogens is 334 g/mol. The van der Waals surface area contributed by atoms with Crippen LogP contribution in [0.2, 0.25) is 0 Å². The van der Waals surface area contributed by atoms with Gasteiger partial charge in [-0.1, -0.05) is 0 Å². The lowest BCUT2D eigenvalue weighted by Crippen LogP contribution is -3.04. The molecule has 0 amide bonds. The number of phenols is 1. The number of rotatable bonds is 6. The number of aliphatic hydroxyl groups is 1. The first-order chi connectivity index (χ1) is 12.5. The van der Waals surface area contributed by atoms with Gasteiger partial charge in [0.25, 0.3) is 0 Å². The average molecular weight is 358 g/mol. The lowest BCUT2D eigenvalue weighted by molar-refractivity contribution is -0.872.